The van der Waals surface area contributed by atoms with Crippen molar-refractivity contribution < 1.29 is 0 Å². The lowest BCUT2D eigenvalue weighted by Crippen LogP contribution is -2.28. The van der Waals surface area contributed by atoms with Gasteiger partial charge in [0.25, 0.3) is 0 Å². The Morgan fingerprint density at radius 1 is 1.35 bits per heavy atom. The van der Waals surface area contributed by atoms with Gasteiger partial charge in [0.15, 0.2) is 0 Å². The van der Waals surface area contributed by atoms with Crippen molar-refractivity contribution in [3.8, 4) is 0 Å². The topological polar surface area (TPSA) is 28.2 Å². The summed E-state index contributed by atoms with van der Waals surface area (Å²) in [5.41, 5.74) is 0. The Bertz CT molecular complexity index is 422. The Morgan fingerprint density at radius 2 is 2.06 bits per heavy atom. The van der Waals surface area contributed by atoms with Crippen LogP contribution in [0.15, 0.2) is 6.07 Å². The molecule has 1 aromatic heterocycles. The summed E-state index contributed by atoms with van der Waals surface area (Å²) in [7, 11) is 1.81. The molecular formula is C12H17Cl2N3. The summed E-state index contributed by atoms with van der Waals surface area (Å²) < 4.78 is 0. The quantitative estimate of drug-likeness (QED) is 0.892. The highest BCUT2D eigenvalue weighted by atomic mass is 35.5. The number of pyridine rings is 1. The van der Waals surface area contributed by atoms with Crippen molar-refractivity contribution >= 4 is 34.8 Å². The predicted octanol–water partition coefficient (Wildman–Crippen LogP) is 3.66. The van der Waals surface area contributed by atoms with Crippen LogP contribution in [-0.2, 0) is 0 Å². The van der Waals surface area contributed by atoms with E-state index in [4.69, 9.17) is 23.2 Å². The molecule has 2 heterocycles. The molecule has 94 valence electrons. The van der Waals surface area contributed by atoms with Gasteiger partial charge in [-0.3, -0.25) is 0 Å². The van der Waals surface area contributed by atoms with Gasteiger partial charge in [-0.2, -0.15) is 0 Å². The summed E-state index contributed by atoms with van der Waals surface area (Å²) in [5, 5.41) is 4.16. The maximum Gasteiger partial charge on any atom is 0.150 e. The second kappa shape index (κ2) is 4.91. The summed E-state index contributed by atoms with van der Waals surface area (Å²) in [6.45, 7) is 5.45. The minimum Gasteiger partial charge on any atom is -0.372 e. The van der Waals surface area contributed by atoms with E-state index in [9.17, 15) is 0 Å². The minimum absolute atomic E-state index is 0.473. The van der Waals surface area contributed by atoms with E-state index in [0.717, 1.165) is 12.4 Å². The van der Waals surface area contributed by atoms with E-state index in [1.165, 1.54) is 6.42 Å². The van der Waals surface area contributed by atoms with Crippen molar-refractivity contribution in [1.29, 1.82) is 0 Å². The van der Waals surface area contributed by atoms with Crippen LogP contribution in [-0.4, -0.2) is 24.6 Å². The molecule has 5 heteroatoms. The fourth-order valence-electron chi connectivity index (χ4n) is 2.43. The number of halogens is 2. The largest absolute Gasteiger partial charge is 0.372 e. The van der Waals surface area contributed by atoms with Gasteiger partial charge in [-0.1, -0.05) is 30.1 Å². The van der Waals surface area contributed by atoms with E-state index in [2.05, 4.69) is 29.0 Å². The normalized spacial score (nSPS) is 24.2. The molecule has 2 atom stereocenters. The van der Waals surface area contributed by atoms with Gasteiger partial charge >= 0.3 is 0 Å². The number of anilines is 2. The molecule has 0 saturated carbocycles. The van der Waals surface area contributed by atoms with Crippen LogP contribution in [0, 0.1) is 5.92 Å². The molecule has 2 rings (SSSR count). The first kappa shape index (κ1) is 12.8. The highest BCUT2D eigenvalue weighted by molar-refractivity contribution is 6.37. The van der Waals surface area contributed by atoms with Crippen molar-refractivity contribution in [2.45, 2.75) is 26.3 Å². The average molecular weight is 274 g/mol. The minimum atomic E-state index is 0.473. The maximum absolute atomic E-state index is 6.24. The highest BCUT2D eigenvalue weighted by Crippen LogP contribution is 2.35. The van der Waals surface area contributed by atoms with Crippen molar-refractivity contribution in [3.05, 3.63) is 16.1 Å². The van der Waals surface area contributed by atoms with Gasteiger partial charge in [-0.15, -0.1) is 0 Å². The van der Waals surface area contributed by atoms with E-state index < -0.39 is 0 Å². The molecule has 0 radical (unpaired) electrons. The van der Waals surface area contributed by atoms with Gasteiger partial charge in [0.05, 0.1) is 10.0 Å². The predicted molar refractivity (Wildman–Crippen MR) is 74.4 cm³/mol. The van der Waals surface area contributed by atoms with Crippen LogP contribution in [0.25, 0.3) is 0 Å². The number of nitrogens with one attached hydrogen (secondary N) is 1. The smallest absolute Gasteiger partial charge is 0.150 e. The van der Waals surface area contributed by atoms with E-state index >= 15 is 0 Å². The van der Waals surface area contributed by atoms with E-state index in [1.54, 1.807) is 6.07 Å². The molecule has 1 aromatic rings. The van der Waals surface area contributed by atoms with Crippen LogP contribution >= 0.6 is 23.2 Å². The third-order valence-electron chi connectivity index (χ3n) is 3.20. The Kier molecular flexibility index (Phi) is 3.69. The first-order chi connectivity index (χ1) is 8.02. The molecule has 3 nitrogen and oxygen atoms in total. The Balaban J connectivity index is 2.38. The van der Waals surface area contributed by atoms with Crippen LogP contribution in [0.3, 0.4) is 0 Å². The molecule has 0 amide bonds. The molecule has 0 bridgehead atoms. The highest BCUT2D eigenvalue weighted by Gasteiger charge is 2.29. The first-order valence-electron chi connectivity index (χ1n) is 5.83. The summed E-state index contributed by atoms with van der Waals surface area (Å²) in [6, 6.07) is 2.23. The summed E-state index contributed by atoms with van der Waals surface area (Å²) in [6.07, 6.45) is 1.18. The Morgan fingerprint density at radius 3 is 2.59 bits per heavy atom. The maximum atomic E-state index is 6.24. The van der Waals surface area contributed by atoms with E-state index in [0.29, 0.717) is 27.8 Å². The molecule has 0 aromatic carbocycles. The zero-order valence-electron chi connectivity index (χ0n) is 10.3. The van der Waals surface area contributed by atoms with Crippen LogP contribution in [0.1, 0.15) is 20.3 Å². The van der Waals surface area contributed by atoms with Crippen molar-refractivity contribution in [3.63, 3.8) is 0 Å². The molecule has 2 unspecified atom stereocenters. The number of hydrogen-bond acceptors (Lipinski definition) is 3. The standard InChI is InChI=1S/C12H17Cl2N3/c1-7-4-8(2)17(6-7)12-10(14)5-9(13)11(15-3)16-12/h5,7-8H,4,6H2,1-3H3,(H,15,16). The molecule has 1 aliphatic rings. The van der Waals surface area contributed by atoms with Gasteiger partial charge in [-0.05, 0) is 25.3 Å². The fraction of sp³-hybridized carbons (Fsp3) is 0.583. The first-order valence-corrected chi connectivity index (χ1v) is 6.59. The number of nitrogens with zero attached hydrogens (tertiary/aromatic N) is 2. The lowest BCUT2D eigenvalue weighted by molar-refractivity contribution is 0.625. The van der Waals surface area contributed by atoms with Crippen LogP contribution in [0.5, 0.6) is 0 Å². The van der Waals surface area contributed by atoms with Gasteiger partial charge in [-0.25, -0.2) is 4.98 Å². The van der Waals surface area contributed by atoms with Crippen molar-refractivity contribution in [1.82, 2.24) is 4.98 Å². The Hall–Kier alpha value is -0.670. The number of aromatic nitrogens is 1. The fourth-order valence-corrected chi connectivity index (χ4v) is 2.99. The van der Waals surface area contributed by atoms with Gasteiger partial charge < -0.3 is 10.2 Å². The van der Waals surface area contributed by atoms with Gasteiger partial charge in [0.1, 0.15) is 11.6 Å². The van der Waals surface area contributed by atoms with Crippen LogP contribution in [0.2, 0.25) is 10.0 Å². The van der Waals surface area contributed by atoms with Gasteiger partial charge in [0.2, 0.25) is 0 Å². The van der Waals surface area contributed by atoms with Crippen LogP contribution in [0.4, 0.5) is 11.6 Å². The Labute approximate surface area is 112 Å². The lowest BCUT2D eigenvalue weighted by Gasteiger charge is -2.24. The van der Waals surface area contributed by atoms with Crippen molar-refractivity contribution in [2.75, 3.05) is 23.8 Å². The number of hydrogen-bond donors (Lipinski definition) is 1. The second-order valence-corrected chi connectivity index (χ2v) is 5.53. The lowest BCUT2D eigenvalue weighted by atomic mass is 10.1. The molecule has 1 aliphatic heterocycles. The third kappa shape index (κ3) is 2.45. The zero-order chi connectivity index (χ0) is 12.6. The van der Waals surface area contributed by atoms with E-state index in [-0.39, 0.29) is 0 Å². The second-order valence-electron chi connectivity index (χ2n) is 4.72. The summed E-state index contributed by atoms with van der Waals surface area (Å²) in [4.78, 5) is 6.76. The average Bonchev–Trinajstić information content (AvgIpc) is 2.58. The molecule has 1 saturated heterocycles. The monoisotopic (exact) mass is 273 g/mol. The molecular weight excluding hydrogens is 257 g/mol. The van der Waals surface area contributed by atoms with Crippen LogP contribution < -0.4 is 10.2 Å². The molecule has 1 N–H and O–H groups in total. The van der Waals surface area contributed by atoms with Crippen molar-refractivity contribution in [2.24, 2.45) is 5.92 Å². The summed E-state index contributed by atoms with van der Waals surface area (Å²) >= 11 is 12.3. The third-order valence-corrected chi connectivity index (χ3v) is 3.77. The summed E-state index contributed by atoms with van der Waals surface area (Å²) in [5.74, 6) is 2.19. The zero-order valence-corrected chi connectivity index (χ0v) is 11.8. The SMILES string of the molecule is CNc1nc(N2CC(C)CC2C)c(Cl)cc1Cl. The number of rotatable bonds is 2. The molecule has 1 fully saturated rings. The van der Waals surface area contributed by atoms with Gasteiger partial charge in [0, 0.05) is 19.6 Å². The molecule has 0 spiro atoms. The molecule has 0 aliphatic carbocycles. The van der Waals surface area contributed by atoms with E-state index in [1.807, 2.05) is 7.05 Å². The molecule has 17 heavy (non-hydrogen) atoms.